The van der Waals surface area contributed by atoms with Crippen molar-refractivity contribution < 1.29 is 9.13 Å². The van der Waals surface area contributed by atoms with E-state index < -0.39 is 5.82 Å². The highest BCUT2D eigenvalue weighted by atomic mass is 19.1. The topological polar surface area (TPSA) is 47.0 Å². The molecule has 0 bridgehead atoms. The second kappa shape index (κ2) is 6.52. The van der Waals surface area contributed by atoms with E-state index in [2.05, 4.69) is 36.1 Å². The van der Waals surface area contributed by atoms with E-state index >= 15 is 0 Å². The molecule has 0 amide bonds. The summed E-state index contributed by atoms with van der Waals surface area (Å²) in [4.78, 5) is 7.87. The molecule has 1 N–H and O–H groups in total. The first kappa shape index (κ1) is 14.7. The summed E-state index contributed by atoms with van der Waals surface area (Å²) in [6.45, 7) is 9.58. The van der Waals surface area contributed by atoms with E-state index in [0.717, 1.165) is 25.6 Å². The molecule has 0 aliphatic rings. The highest BCUT2D eigenvalue weighted by Gasteiger charge is 2.12. The zero-order valence-corrected chi connectivity index (χ0v) is 11.6. The number of halogens is 1. The van der Waals surface area contributed by atoms with Gasteiger partial charge in [-0.2, -0.15) is 9.37 Å². The number of aromatic nitrogens is 2. The van der Waals surface area contributed by atoms with Crippen molar-refractivity contribution in [2.24, 2.45) is 5.41 Å². The second-order valence-electron chi connectivity index (χ2n) is 5.43. The molecule has 102 valence electrons. The van der Waals surface area contributed by atoms with Crippen LogP contribution in [0.4, 0.5) is 10.3 Å². The van der Waals surface area contributed by atoms with Crippen LogP contribution >= 0.6 is 0 Å². The molecule has 5 heteroatoms. The molecule has 0 saturated carbocycles. The van der Waals surface area contributed by atoms with Crippen molar-refractivity contribution in [2.45, 2.75) is 40.5 Å². The zero-order chi connectivity index (χ0) is 13.6. The van der Waals surface area contributed by atoms with Crippen LogP contribution in [0.3, 0.4) is 0 Å². The predicted octanol–water partition coefficient (Wildman–Crippen LogP) is 3.25. The predicted molar refractivity (Wildman–Crippen MR) is 70.3 cm³/mol. The molecule has 0 aliphatic carbocycles. The molecule has 0 fully saturated rings. The van der Waals surface area contributed by atoms with E-state index in [4.69, 9.17) is 4.74 Å². The van der Waals surface area contributed by atoms with Gasteiger partial charge in [0.05, 0.1) is 12.8 Å². The van der Waals surface area contributed by atoms with Gasteiger partial charge in [-0.15, -0.1) is 0 Å². The van der Waals surface area contributed by atoms with E-state index in [0.29, 0.717) is 12.6 Å². The lowest BCUT2D eigenvalue weighted by atomic mass is 9.93. The molecule has 0 saturated heterocycles. The van der Waals surface area contributed by atoms with Crippen molar-refractivity contribution >= 4 is 5.95 Å². The van der Waals surface area contributed by atoms with E-state index in [1.165, 1.54) is 0 Å². The normalized spacial score (nSPS) is 11.4. The number of anilines is 1. The Bertz CT molecular complexity index is 377. The average molecular weight is 255 g/mol. The van der Waals surface area contributed by atoms with Gasteiger partial charge in [0.15, 0.2) is 0 Å². The first-order chi connectivity index (χ1) is 8.42. The van der Waals surface area contributed by atoms with E-state index in [9.17, 15) is 4.39 Å². The van der Waals surface area contributed by atoms with Gasteiger partial charge in [0.25, 0.3) is 5.88 Å². The first-order valence-corrected chi connectivity index (χ1v) is 6.31. The van der Waals surface area contributed by atoms with Gasteiger partial charge in [0.2, 0.25) is 11.8 Å². The van der Waals surface area contributed by atoms with Crippen molar-refractivity contribution in [3.05, 3.63) is 12.0 Å². The van der Waals surface area contributed by atoms with Gasteiger partial charge in [-0.3, -0.25) is 0 Å². The molecule has 1 aromatic heterocycles. The van der Waals surface area contributed by atoms with E-state index in [1.54, 1.807) is 0 Å². The maximum absolute atomic E-state index is 13.4. The Kier molecular flexibility index (Phi) is 5.31. The fourth-order valence-electron chi connectivity index (χ4n) is 1.23. The van der Waals surface area contributed by atoms with Crippen molar-refractivity contribution in [3.8, 4) is 5.88 Å². The fourth-order valence-corrected chi connectivity index (χ4v) is 1.23. The second-order valence-corrected chi connectivity index (χ2v) is 5.43. The molecule has 0 aliphatic heterocycles. The molecule has 1 rings (SSSR count). The highest BCUT2D eigenvalue weighted by Crippen LogP contribution is 2.20. The van der Waals surface area contributed by atoms with Gasteiger partial charge in [0, 0.05) is 6.54 Å². The Morgan fingerprint density at radius 2 is 2.11 bits per heavy atom. The van der Waals surface area contributed by atoms with Gasteiger partial charge in [-0.05, 0) is 18.3 Å². The summed E-state index contributed by atoms with van der Waals surface area (Å²) in [6, 6.07) is 0. The van der Waals surface area contributed by atoms with Crippen LogP contribution in [-0.2, 0) is 0 Å². The van der Waals surface area contributed by atoms with Crippen LogP contribution in [-0.4, -0.2) is 23.1 Å². The van der Waals surface area contributed by atoms with Crippen LogP contribution in [0.5, 0.6) is 5.88 Å². The van der Waals surface area contributed by atoms with Crippen LogP contribution in [0.1, 0.15) is 40.5 Å². The van der Waals surface area contributed by atoms with Crippen molar-refractivity contribution in [3.63, 3.8) is 0 Å². The molecule has 1 aromatic rings. The maximum atomic E-state index is 13.4. The van der Waals surface area contributed by atoms with E-state index in [-0.39, 0.29) is 11.3 Å². The number of hydrogen-bond donors (Lipinski definition) is 1. The van der Waals surface area contributed by atoms with Crippen LogP contribution in [0.15, 0.2) is 6.20 Å². The molecule has 0 radical (unpaired) electrons. The third kappa shape index (κ3) is 5.29. The van der Waals surface area contributed by atoms with Crippen LogP contribution in [0, 0.1) is 11.2 Å². The molecule has 0 unspecified atom stereocenters. The van der Waals surface area contributed by atoms with Crippen molar-refractivity contribution in [1.29, 1.82) is 0 Å². The molecular formula is C13H22FN3O. The number of ether oxygens (including phenoxy) is 1. The van der Waals surface area contributed by atoms with Crippen LogP contribution in [0.2, 0.25) is 0 Å². The highest BCUT2D eigenvalue weighted by molar-refractivity contribution is 5.28. The van der Waals surface area contributed by atoms with E-state index in [1.807, 2.05) is 6.92 Å². The number of rotatable bonds is 6. The van der Waals surface area contributed by atoms with Gasteiger partial charge >= 0.3 is 0 Å². The van der Waals surface area contributed by atoms with Crippen LogP contribution < -0.4 is 10.1 Å². The van der Waals surface area contributed by atoms with Gasteiger partial charge < -0.3 is 10.1 Å². The zero-order valence-electron chi connectivity index (χ0n) is 11.6. The average Bonchev–Trinajstić information content (AvgIpc) is 2.28. The monoisotopic (exact) mass is 255 g/mol. The first-order valence-electron chi connectivity index (χ1n) is 6.31. The largest absolute Gasteiger partial charge is 0.475 e. The number of nitrogens with one attached hydrogen (secondary N) is 1. The Labute approximate surface area is 108 Å². The molecule has 0 spiro atoms. The summed E-state index contributed by atoms with van der Waals surface area (Å²) >= 11 is 0. The maximum Gasteiger partial charge on any atom is 0.255 e. The lowest BCUT2D eigenvalue weighted by Crippen LogP contribution is -2.13. The number of nitrogens with zero attached hydrogens (tertiary/aromatic N) is 2. The molecule has 4 nitrogen and oxygen atoms in total. The Hall–Kier alpha value is -1.39. The summed E-state index contributed by atoms with van der Waals surface area (Å²) in [5.74, 6) is -0.0946. The summed E-state index contributed by atoms with van der Waals surface area (Å²) < 4.78 is 18.8. The summed E-state index contributed by atoms with van der Waals surface area (Å²) in [7, 11) is 0. The standard InChI is InChI=1S/C13H22FN3O/c1-5-7-15-12-16-9-10(14)11(17-12)18-8-6-13(2,3)4/h9H,5-8H2,1-4H3,(H,15,16,17). The summed E-state index contributed by atoms with van der Waals surface area (Å²) in [6.07, 6.45) is 2.94. The van der Waals surface area contributed by atoms with Gasteiger partial charge in [-0.1, -0.05) is 27.7 Å². The fraction of sp³-hybridized carbons (Fsp3) is 0.692. The Morgan fingerprint density at radius 1 is 1.39 bits per heavy atom. The lowest BCUT2D eigenvalue weighted by molar-refractivity contribution is 0.227. The smallest absolute Gasteiger partial charge is 0.255 e. The minimum Gasteiger partial charge on any atom is -0.475 e. The Balaban J connectivity index is 2.58. The van der Waals surface area contributed by atoms with Gasteiger partial charge in [-0.25, -0.2) is 4.98 Å². The lowest BCUT2D eigenvalue weighted by Gasteiger charge is -2.17. The molecular weight excluding hydrogens is 233 g/mol. The number of hydrogen-bond acceptors (Lipinski definition) is 4. The summed E-state index contributed by atoms with van der Waals surface area (Å²) in [5.41, 5.74) is 0.160. The minimum absolute atomic E-state index is 0.0212. The molecule has 0 atom stereocenters. The van der Waals surface area contributed by atoms with Crippen molar-refractivity contribution in [2.75, 3.05) is 18.5 Å². The minimum atomic E-state index is -0.522. The van der Waals surface area contributed by atoms with Crippen molar-refractivity contribution in [1.82, 2.24) is 9.97 Å². The summed E-state index contributed by atoms with van der Waals surface area (Å²) in [5, 5.41) is 3.00. The Morgan fingerprint density at radius 3 is 2.72 bits per heavy atom. The molecule has 18 heavy (non-hydrogen) atoms. The molecule has 1 heterocycles. The SMILES string of the molecule is CCCNc1ncc(F)c(OCCC(C)(C)C)n1. The molecule has 0 aromatic carbocycles. The third-order valence-electron chi connectivity index (χ3n) is 2.34. The van der Waals surface area contributed by atoms with Gasteiger partial charge in [0.1, 0.15) is 0 Å². The quantitative estimate of drug-likeness (QED) is 0.847. The van der Waals surface area contributed by atoms with Crippen LogP contribution in [0.25, 0.3) is 0 Å². The third-order valence-corrected chi connectivity index (χ3v) is 2.34.